The molecule has 1 N–H and O–H groups in total. The van der Waals surface area contributed by atoms with Crippen LogP contribution >= 0.6 is 11.6 Å². The summed E-state index contributed by atoms with van der Waals surface area (Å²) in [6.07, 6.45) is 1.07. The predicted molar refractivity (Wildman–Crippen MR) is 60.6 cm³/mol. The number of nitrogens with zero attached hydrogens (tertiary/aromatic N) is 2. The minimum absolute atomic E-state index is 0.256. The van der Waals surface area contributed by atoms with Gasteiger partial charge < -0.3 is 14.5 Å². The van der Waals surface area contributed by atoms with Gasteiger partial charge in [-0.15, -0.1) is 16.7 Å². The second-order valence-corrected chi connectivity index (χ2v) is 4.77. The topological polar surface area (TPSA) is 60.2 Å². The summed E-state index contributed by atoms with van der Waals surface area (Å²) in [7, 11) is 0. The number of alkyl halides is 1. The lowest BCUT2D eigenvalue weighted by atomic mass is 10.0. The van der Waals surface area contributed by atoms with Crippen LogP contribution in [0.1, 0.15) is 31.5 Å². The van der Waals surface area contributed by atoms with Gasteiger partial charge in [0.25, 0.3) is 0 Å². The van der Waals surface area contributed by atoms with E-state index < -0.39 is 0 Å². The van der Waals surface area contributed by atoms with Gasteiger partial charge in [-0.2, -0.15) is 0 Å². The fourth-order valence-electron chi connectivity index (χ4n) is 1.71. The van der Waals surface area contributed by atoms with E-state index in [1.165, 1.54) is 0 Å². The second-order valence-electron chi connectivity index (χ2n) is 4.12. The van der Waals surface area contributed by atoms with Crippen LogP contribution in [-0.2, 0) is 4.74 Å². The molecule has 90 valence electrons. The van der Waals surface area contributed by atoms with Gasteiger partial charge in [-0.3, -0.25) is 0 Å². The fraction of sp³-hybridized carbons (Fsp3) is 0.800. The van der Waals surface area contributed by atoms with Crippen molar-refractivity contribution >= 4 is 17.6 Å². The van der Waals surface area contributed by atoms with Crippen LogP contribution in [0.2, 0.25) is 0 Å². The number of nitrogens with one attached hydrogen (secondary N) is 1. The molecule has 16 heavy (non-hydrogen) atoms. The summed E-state index contributed by atoms with van der Waals surface area (Å²) in [5, 5.41) is 10.7. The van der Waals surface area contributed by atoms with E-state index in [2.05, 4.69) is 22.4 Å². The Morgan fingerprint density at radius 2 is 2.25 bits per heavy atom. The highest BCUT2D eigenvalue weighted by Gasteiger charge is 2.23. The van der Waals surface area contributed by atoms with Crippen LogP contribution in [0.25, 0.3) is 0 Å². The highest BCUT2D eigenvalue weighted by Crippen LogP contribution is 2.22. The van der Waals surface area contributed by atoms with Crippen molar-refractivity contribution in [2.45, 2.75) is 31.7 Å². The Morgan fingerprint density at radius 3 is 2.81 bits per heavy atom. The molecule has 0 aliphatic carbocycles. The molecule has 1 fully saturated rings. The lowest BCUT2D eigenvalue weighted by molar-refractivity contribution is 0.183. The molecule has 2 heterocycles. The molecule has 0 bridgehead atoms. The van der Waals surface area contributed by atoms with Gasteiger partial charge in [0.05, 0.1) is 6.61 Å². The summed E-state index contributed by atoms with van der Waals surface area (Å²) in [6.45, 7) is 5.52. The standard InChI is InChI=1S/C10H16ClN3O2/c1-6(11)9-13-14-10(16-9)12-7(2)8-3-4-15-5-8/h6-8H,3-5H2,1-2H3,(H,12,14). The maximum atomic E-state index is 5.84. The number of aromatic nitrogens is 2. The van der Waals surface area contributed by atoms with E-state index in [0.29, 0.717) is 17.8 Å². The van der Waals surface area contributed by atoms with Crippen LogP contribution in [0.4, 0.5) is 6.01 Å². The van der Waals surface area contributed by atoms with Crippen molar-refractivity contribution in [3.8, 4) is 0 Å². The summed E-state index contributed by atoms with van der Waals surface area (Å²) >= 11 is 5.84. The third kappa shape index (κ3) is 2.65. The number of ether oxygens (including phenoxy) is 1. The third-order valence-corrected chi connectivity index (χ3v) is 2.99. The van der Waals surface area contributed by atoms with Crippen LogP contribution in [0.5, 0.6) is 0 Å². The van der Waals surface area contributed by atoms with Crippen LogP contribution in [0, 0.1) is 5.92 Å². The Bertz CT molecular complexity index is 337. The first-order valence-electron chi connectivity index (χ1n) is 5.48. The Hall–Kier alpha value is -0.810. The summed E-state index contributed by atoms with van der Waals surface area (Å²) in [5.41, 5.74) is 0. The average molecular weight is 246 g/mol. The third-order valence-electron chi connectivity index (χ3n) is 2.80. The Morgan fingerprint density at radius 1 is 1.44 bits per heavy atom. The molecule has 0 amide bonds. The predicted octanol–water partition coefficient (Wildman–Crippen LogP) is 2.21. The van der Waals surface area contributed by atoms with E-state index in [0.717, 1.165) is 19.6 Å². The molecule has 3 unspecified atom stereocenters. The number of anilines is 1. The molecule has 0 radical (unpaired) electrons. The van der Waals surface area contributed by atoms with Crippen LogP contribution in [0.3, 0.4) is 0 Å². The molecule has 1 saturated heterocycles. The van der Waals surface area contributed by atoms with Gasteiger partial charge in [-0.05, 0) is 20.3 Å². The highest BCUT2D eigenvalue weighted by molar-refractivity contribution is 6.20. The number of hydrogen-bond acceptors (Lipinski definition) is 5. The zero-order valence-corrected chi connectivity index (χ0v) is 10.2. The van der Waals surface area contributed by atoms with Crippen LogP contribution in [-0.4, -0.2) is 29.5 Å². The normalized spacial score (nSPS) is 24.3. The lowest BCUT2D eigenvalue weighted by Gasteiger charge is -2.17. The van der Waals surface area contributed by atoms with Crippen molar-refractivity contribution in [3.63, 3.8) is 0 Å². The van der Waals surface area contributed by atoms with Crippen molar-refractivity contribution < 1.29 is 9.15 Å². The maximum Gasteiger partial charge on any atom is 0.315 e. The molecule has 3 atom stereocenters. The van der Waals surface area contributed by atoms with Gasteiger partial charge in [0.15, 0.2) is 0 Å². The molecule has 0 aromatic carbocycles. The van der Waals surface area contributed by atoms with Crippen LogP contribution in [0.15, 0.2) is 4.42 Å². The molecule has 0 saturated carbocycles. The van der Waals surface area contributed by atoms with Crippen molar-refractivity contribution in [3.05, 3.63) is 5.89 Å². The van der Waals surface area contributed by atoms with Gasteiger partial charge >= 0.3 is 6.01 Å². The van der Waals surface area contributed by atoms with Crippen molar-refractivity contribution in [1.29, 1.82) is 0 Å². The molecule has 1 aromatic heterocycles. The highest BCUT2D eigenvalue weighted by atomic mass is 35.5. The zero-order valence-electron chi connectivity index (χ0n) is 9.44. The van der Waals surface area contributed by atoms with Crippen molar-refractivity contribution in [2.75, 3.05) is 18.5 Å². The molecule has 0 spiro atoms. The monoisotopic (exact) mass is 245 g/mol. The Labute approximate surface area is 99.5 Å². The number of halogens is 1. The molecule has 1 aliphatic rings. The summed E-state index contributed by atoms with van der Waals surface area (Å²) < 4.78 is 10.7. The Kier molecular flexibility index (Phi) is 3.66. The molecule has 2 rings (SSSR count). The van der Waals surface area contributed by atoms with Gasteiger partial charge in [0, 0.05) is 18.6 Å². The molecule has 6 heteroatoms. The van der Waals surface area contributed by atoms with E-state index in [1.54, 1.807) is 6.92 Å². The first-order valence-corrected chi connectivity index (χ1v) is 5.92. The van der Waals surface area contributed by atoms with E-state index >= 15 is 0 Å². The fourth-order valence-corrected chi connectivity index (χ4v) is 1.80. The summed E-state index contributed by atoms with van der Waals surface area (Å²) in [4.78, 5) is 0. The van der Waals surface area contributed by atoms with E-state index in [4.69, 9.17) is 20.8 Å². The molecular weight excluding hydrogens is 230 g/mol. The molecule has 1 aromatic rings. The SMILES string of the molecule is CC(Cl)c1nnc(NC(C)C2CCOC2)o1. The Balaban J connectivity index is 1.92. The average Bonchev–Trinajstić information content (AvgIpc) is 2.87. The summed E-state index contributed by atoms with van der Waals surface area (Å²) in [6, 6.07) is 0.698. The first kappa shape index (κ1) is 11.7. The molecule has 5 nitrogen and oxygen atoms in total. The first-order chi connectivity index (χ1) is 7.66. The quantitative estimate of drug-likeness (QED) is 0.824. The van der Waals surface area contributed by atoms with Gasteiger partial charge in [-0.25, -0.2) is 0 Å². The largest absolute Gasteiger partial charge is 0.406 e. The summed E-state index contributed by atoms with van der Waals surface area (Å²) in [5.74, 6) is 0.947. The number of hydrogen-bond donors (Lipinski definition) is 1. The van der Waals surface area contributed by atoms with Gasteiger partial charge in [-0.1, -0.05) is 5.10 Å². The van der Waals surface area contributed by atoms with Crippen molar-refractivity contribution in [2.24, 2.45) is 5.92 Å². The molecular formula is C10H16ClN3O2. The van der Waals surface area contributed by atoms with E-state index in [9.17, 15) is 0 Å². The van der Waals surface area contributed by atoms with Crippen LogP contribution < -0.4 is 5.32 Å². The van der Waals surface area contributed by atoms with E-state index in [1.807, 2.05) is 0 Å². The maximum absolute atomic E-state index is 5.84. The van der Waals surface area contributed by atoms with Crippen molar-refractivity contribution in [1.82, 2.24) is 10.2 Å². The zero-order chi connectivity index (χ0) is 11.5. The minimum atomic E-state index is -0.256. The minimum Gasteiger partial charge on any atom is -0.406 e. The van der Waals surface area contributed by atoms with Gasteiger partial charge in [0.1, 0.15) is 5.38 Å². The lowest BCUT2D eigenvalue weighted by Crippen LogP contribution is -2.26. The molecule has 1 aliphatic heterocycles. The second kappa shape index (κ2) is 5.01. The van der Waals surface area contributed by atoms with Gasteiger partial charge in [0.2, 0.25) is 5.89 Å². The van der Waals surface area contributed by atoms with E-state index in [-0.39, 0.29) is 11.4 Å². The number of rotatable bonds is 4. The smallest absolute Gasteiger partial charge is 0.315 e.